The van der Waals surface area contributed by atoms with E-state index in [1.54, 1.807) is 0 Å². The highest BCUT2D eigenvalue weighted by atomic mass is 31.2. The number of hydrogen-bond donors (Lipinski definition) is 4. The summed E-state index contributed by atoms with van der Waals surface area (Å²) < 4.78 is 26.9. The average molecular weight is 912 g/mol. The van der Waals surface area contributed by atoms with Crippen molar-refractivity contribution >= 4 is 25.7 Å². The van der Waals surface area contributed by atoms with Gasteiger partial charge in [-0.1, -0.05) is 167 Å². The molecule has 0 spiro atoms. The lowest BCUT2D eigenvalue weighted by atomic mass is 10.1. The highest BCUT2D eigenvalue weighted by Crippen LogP contribution is 2.43. The van der Waals surface area contributed by atoms with E-state index >= 15 is 0 Å². The Bertz CT molecular complexity index is 1540. The van der Waals surface area contributed by atoms with Gasteiger partial charge in [0.05, 0.1) is 13.2 Å². The molecule has 3 unspecified atom stereocenters. The van der Waals surface area contributed by atoms with Crippen molar-refractivity contribution in [3.05, 3.63) is 122 Å². The Labute approximate surface area is 386 Å². The highest BCUT2D eigenvalue weighted by Gasteiger charge is 2.28. The smallest absolute Gasteiger partial charge is 0.472 e. The lowest BCUT2D eigenvalue weighted by Crippen LogP contribution is -2.43. The number of hydrogen-bond acceptors (Lipinski definition) is 8. The number of unbranched alkanes of at least 4 members (excludes halogenated alkanes) is 8. The molecule has 0 fully saturated rings. The Kier molecular flexibility index (Phi) is 42.5. The molecule has 0 saturated carbocycles. The molecule has 12 heteroatoms. The zero-order valence-electron chi connectivity index (χ0n) is 39.0. The molecule has 0 rings (SSSR count). The van der Waals surface area contributed by atoms with E-state index in [0.717, 1.165) is 103 Å². The number of esters is 1. The number of carboxylic acid groups (broad SMARTS) is 1. The van der Waals surface area contributed by atoms with Crippen molar-refractivity contribution in [3.63, 3.8) is 0 Å². The number of phosphoric ester groups is 1. The summed E-state index contributed by atoms with van der Waals surface area (Å²) in [5.74, 6) is -2.48. The van der Waals surface area contributed by atoms with Gasteiger partial charge >= 0.3 is 19.8 Å². The zero-order chi connectivity index (χ0) is 47.0. The van der Waals surface area contributed by atoms with Gasteiger partial charge in [0.2, 0.25) is 5.91 Å². The largest absolute Gasteiger partial charge is 0.480 e. The molecular formula is C52H82NO10P. The van der Waals surface area contributed by atoms with Crippen LogP contribution in [0, 0.1) is 0 Å². The molecule has 64 heavy (non-hydrogen) atoms. The standard InChI is InChI=1S/C52H82NO10P/c1-3-5-7-9-11-13-15-17-19-21-22-23-24-25-26-28-30-32-34-36-38-40-42-44-51(56)61-45-48(54)46-62-64(59,60)63-47-49(52(57)58)53-50(55)43-41-39-37-35-33-31-29-27-20-18-16-14-12-10-8-6-4-2/h5-8,11-14,17-20,22-23,25-26,29,31,35,37,48-49,54H,3-4,9-10,15-16,21,24,27-28,30,32-34,36,38-47H2,1-2H3,(H,53,55)(H,57,58)(H,59,60)/b7-5-,8-6-,13-11-,14-12-,19-17-,20-18-,23-22-,26-25-,31-29-,37-35-. The first-order chi connectivity index (χ1) is 31.1. The van der Waals surface area contributed by atoms with Crippen LogP contribution in [0.1, 0.15) is 155 Å². The van der Waals surface area contributed by atoms with Gasteiger partial charge in [-0.2, -0.15) is 0 Å². The average Bonchev–Trinajstić information content (AvgIpc) is 3.27. The van der Waals surface area contributed by atoms with Crippen LogP contribution >= 0.6 is 7.82 Å². The molecule has 0 aromatic rings. The zero-order valence-corrected chi connectivity index (χ0v) is 39.9. The van der Waals surface area contributed by atoms with Gasteiger partial charge in [-0.05, 0) is 96.3 Å². The Morgan fingerprint density at radius 3 is 1.31 bits per heavy atom. The summed E-state index contributed by atoms with van der Waals surface area (Å²) in [6.45, 7) is 2.30. The van der Waals surface area contributed by atoms with Crippen LogP contribution in [0.4, 0.5) is 0 Å². The summed E-state index contributed by atoms with van der Waals surface area (Å²) in [4.78, 5) is 46.0. The van der Waals surface area contributed by atoms with Crippen LogP contribution in [0.15, 0.2) is 122 Å². The van der Waals surface area contributed by atoms with E-state index in [4.69, 9.17) is 13.8 Å². The van der Waals surface area contributed by atoms with Crippen molar-refractivity contribution in [2.75, 3.05) is 19.8 Å². The number of ether oxygens (including phenoxy) is 1. The van der Waals surface area contributed by atoms with Crippen molar-refractivity contribution in [2.45, 2.75) is 167 Å². The van der Waals surface area contributed by atoms with Crippen molar-refractivity contribution in [3.8, 4) is 0 Å². The monoisotopic (exact) mass is 912 g/mol. The number of nitrogens with one attached hydrogen (secondary N) is 1. The molecule has 0 heterocycles. The van der Waals surface area contributed by atoms with Crippen molar-refractivity contribution in [2.24, 2.45) is 0 Å². The molecule has 0 aliphatic rings. The molecule has 0 aliphatic carbocycles. The highest BCUT2D eigenvalue weighted by molar-refractivity contribution is 7.47. The fraction of sp³-hybridized carbons (Fsp3) is 0.558. The van der Waals surface area contributed by atoms with E-state index in [-0.39, 0.29) is 12.8 Å². The van der Waals surface area contributed by atoms with Gasteiger partial charge in [0.1, 0.15) is 12.7 Å². The molecular weight excluding hydrogens is 830 g/mol. The topological polar surface area (TPSA) is 169 Å². The van der Waals surface area contributed by atoms with E-state index in [0.29, 0.717) is 19.3 Å². The van der Waals surface area contributed by atoms with Crippen molar-refractivity contribution < 1.29 is 47.8 Å². The first-order valence-electron chi connectivity index (χ1n) is 23.6. The third kappa shape index (κ3) is 44.5. The lowest BCUT2D eigenvalue weighted by molar-refractivity contribution is -0.147. The number of amides is 1. The quantitative estimate of drug-likeness (QED) is 0.0200. The molecule has 0 aromatic carbocycles. The minimum Gasteiger partial charge on any atom is -0.480 e. The second-order valence-electron chi connectivity index (χ2n) is 15.2. The van der Waals surface area contributed by atoms with Crippen LogP contribution in [-0.4, -0.2) is 64.9 Å². The molecule has 0 bridgehead atoms. The summed E-state index contributed by atoms with van der Waals surface area (Å²) in [6, 6.07) is -1.59. The number of rotatable bonds is 42. The maximum absolute atomic E-state index is 12.3. The van der Waals surface area contributed by atoms with E-state index < -0.39 is 57.6 Å². The Balaban J connectivity index is 3.97. The Morgan fingerprint density at radius 1 is 0.500 bits per heavy atom. The Hall–Kier alpha value is -4.12. The van der Waals surface area contributed by atoms with E-state index in [1.807, 2.05) is 12.2 Å². The molecule has 11 nitrogen and oxygen atoms in total. The van der Waals surface area contributed by atoms with Gasteiger partial charge in [-0.25, -0.2) is 9.36 Å². The van der Waals surface area contributed by atoms with Gasteiger partial charge < -0.3 is 25.2 Å². The number of aliphatic carboxylic acids is 1. The van der Waals surface area contributed by atoms with Gasteiger partial charge in [0.25, 0.3) is 0 Å². The first-order valence-corrected chi connectivity index (χ1v) is 25.1. The normalized spacial score (nSPS) is 14.7. The predicted octanol–water partition coefficient (Wildman–Crippen LogP) is 12.8. The number of phosphoric acid groups is 1. The molecule has 1 amide bonds. The molecule has 0 aromatic heterocycles. The second kappa shape index (κ2) is 45.4. The van der Waals surface area contributed by atoms with Crippen LogP contribution < -0.4 is 5.32 Å². The number of carboxylic acids is 1. The first kappa shape index (κ1) is 59.9. The fourth-order valence-corrected chi connectivity index (χ4v) is 6.44. The molecule has 4 N–H and O–H groups in total. The van der Waals surface area contributed by atoms with Crippen LogP contribution in [0.2, 0.25) is 0 Å². The maximum atomic E-state index is 12.3. The van der Waals surface area contributed by atoms with Crippen LogP contribution in [0.3, 0.4) is 0 Å². The number of allylic oxidation sites excluding steroid dienone is 20. The van der Waals surface area contributed by atoms with Crippen molar-refractivity contribution in [1.29, 1.82) is 0 Å². The molecule has 0 aliphatic heterocycles. The summed E-state index contributed by atoms with van der Waals surface area (Å²) in [5.41, 5.74) is 0. The second-order valence-corrected chi connectivity index (χ2v) is 16.6. The van der Waals surface area contributed by atoms with Gasteiger partial charge in [0.15, 0.2) is 6.04 Å². The molecule has 0 radical (unpaired) electrons. The van der Waals surface area contributed by atoms with E-state index in [2.05, 4.69) is 129 Å². The van der Waals surface area contributed by atoms with Crippen molar-refractivity contribution in [1.82, 2.24) is 5.32 Å². The number of aliphatic hydroxyl groups is 1. The summed E-state index contributed by atoms with van der Waals surface area (Å²) in [5, 5.41) is 21.8. The molecule has 0 saturated heterocycles. The van der Waals surface area contributed by atoms with Crippen LogP contribution in [0.25, 0.3) is 0 Å². The number of carbonyl (C=O) groups is 3. The number of aliphatic hydroxyl groups excluding tert-OH is 1. The minimum absolute atomic E-state index is 0.0593. The van der Waals surface area contributed by atoms with Gasteiger partial charge in [0, 0.05) is 12.8 Å². The minimum atomic E-state index is -4.79. The molecule has 360 valence electrons. The maximum Gasteiger partial charge on any atom is 0.472 e. The van der Waals surface area contributed by atoms with E-state index in [9.17, 15) is 34.1 Å². The predicted molar refractivity (Wildman–Crippen MR) is 263 cm³/mol. The van der Waals surface area contributed by atoms with E-state index in [1.165, 1.54) is 6.42 Å². The van der Waals surface area contributed by atoms with Crippen LogP contribution in [-0.2, 0) is 32.7 Å². The third-order valence-electron chi connectivity index (χ3n) is 9.25. The van der Waals surface area contributed by atoms with Gasteiger partial charge in [-0.15, -0.1) is 0 Å². The Morgan fingerprint density at radius 2 is 0.875 bits per heavy atom. The number of carbonyl (C=O) groups excluding carboxylic acids is 2. The summed E-state index contributed by atoms with van der Waals surface area (Å²) in [6.07, 6.45) is 60.9. The summed E-state index contributed by atoms with van der Waals surface area (Å²) >= 11 is 0. The van der Waals surface area contributed by atoms with Gasteiger partial charge in [-0.3, -0.25) is 18.6 Å². The fourth-order valence-electron chi connectivity index (χ4n) is 5.67. The lowest BCUT2D eigenvalue weighted by Gasteiger charge is -2.18. The van der Waals surface area contributed by atoms with Crippen LogP contribution in [0.5, 0.6) is 0 Å². The third-order valence-corrected chi connectivity index (χ3v) is 10.2. The summed E-state index contributed by atoms with van der Waals surface area (Å²) in [7, 11) is -4.79. The molecule has 3 atom stereocenters. The SMILES string of the molecule is CC/C=C\C/C=C\C/C=C\C/C=C\C/C=C\CCCCCCCCCC(=O)OCC(O)COP(=O)(O)OCC(NC(=O)CCC/C=C\C/C=C\C/C=C\C/C=C\C/C=C\CC)C(=O)O.